The van der Waals surface area contributed by atoms with Gasteiger partial charge in [0.2, 0.25) is 10.0 Å². The fraction of sp³-hybridized carbons (Fsp3) is 0.500. The number of rotatable bonds is 7. The van der Waals surface area contributed by atoms with Crippen LogP contribution < -0.4 is 4.72 Å². The van der Waals surface area contributed by atoms with E-state index in [0.29, 0.717) is 22.4 Å². The van der Waals surface area contributed by atoms with E-state index in [9.17, 15) is 12.8 Å². The van der Waals surface area contributed by atoms with Crippen LogP contribution in [0.2, 0.25) is 5.02 Å². The number of nitrogens with zero attached hydrogens (tertiary/aromatic N) is 2. The number of nitrogens with one attached hydrogen (secondary N) is 1. The van der Waals surface area contributed by atoms with Gasteiger partial charge in [0.05, 0.1) is 10.6 Å². The zero-order chi connectivity index (χ0) is 24.4. The number of piperidine rings is 1. The van der Waals surface area contributed by atoms with Gasteiger partial charge in [-0.2, -0.15) is 0 Å². The number of hydrogen-bond donors (Lipinski definition) is 1. The lowest BCUT2D eigenvalue weighted by Gasteiger charge is -2.34. The van der Waals surface area contributed by atoms with E-state index in [-0.39, 0.29) is 16.8 Å². The maximum Gasteiger partial charge on any atom is 0.240 e. The van der Waals surface area contributed by atoms with Crippen molar-refractivity contribution in [2.45, 2.75) is 61.8 Å². The van der Waals surface area contributed by atoms with Gasteiger partial charge in [0, 0.05) is 28.4 Å². The highest BCUT2D eigenvalue weighted by atomic mass is 35.5. The molecule has 0 radical (unpaired) electrons. The molecule has 5 rings (SSSR count). The van der Waals surface area contributed by atoms with Gasteiger partial charge < -0.3 is 9.42 Å². The molecule has 0 spiro atoms. The normalized spacial score (nSPS) is 22.6. The van der Waals surface area contributed by atoms with E-state index in [4.69, 9.17) is 16.1 Å². The van der Waals surface area contributed by atoms with E-state index in [0.717, 1.165) is 75.7 Å². The summed E-state index contributed by atoms with van der Waals surface area (Å²) < 4.78 is 46.9. The summed E-state index contributed by atoms with van der Waals surface area (Å²) in [6.07, 6.45) is 7.04. The van der Waals surface area contributed by atoms with Crippen LogP contribution in [-0.2, 0) is 10.0 Å². The molecule has 188 valence electrons. The Morgan fingerprint density at radius 3 is 2.46 bits per heavy atom. The van der Waals surface area contributed by atoms with E-state index in [1.807, 2.05) is 0 Å². The second kappa shape index (κ2) is 10.5. The number of aromatic nitrogens is 1. The molecule has 2 aromatic carbocycles. The molecule has 1 saturated carbocycles. The molecule has 6 nitrogen and oxygen atoms in total. The largest absolute Gasteiger partial charge is 0.356 e. The zero-order valence-electron chi connectivity index (χ0n) is 19.6. The predicted molar refractivity (Wildman–Crippen MR) is 135 cm³/mol. The van der Waals surface area contributed by atoms with Crippen molar-refractivity contribution in [3.05, 3.63) is 59.0 Å². The summed E-state index contributed by atoms with van der Waals surface area (Å²) in [5.74, 6) is 0.684. The highest BCUT2D eigenvalue weighted by Crippen LogP contribution is 2.34. The first-order valence-electron chi connectivity index (χ1n) is 12.4. The van der Waals surface area contributed by atoms with E-state index in [1.54, 1.807) is 30.3 Å². The van der Waals surface area contributed by atoms with Crippen LogP contribution in [0.4, 0.5) is 4.39 Å². The molecule has 1 saturated heterocycles. The Hall–Kier alpha value is -2.00. The molecule has 2 fully saturated rings. The first kappa shape index (κ1) is 24.7. The second-order valence-corrected chi connectivity index (χ2v) is 12.1. The first-order valence-corrected chi connectivity index (χ1v) is 14.3. The van der Waals surface area contributed by atoms with Crippen LogP contribution in [-0.4, -0.2) is 44.2 Å². The summed E-state index contributed by atoms with van der Waals surface area (Å²) >= 11 is 5.87. The summed E-state index contributed by atoms with van der Waals surface area (Å²) in [4.78, 5) is 2.78. The molecule has 0 amide bonds. The van der Waals surface area contributed by atoms with Crippen molar-refractivity contribution in [1.82, 2.24) is 14.8 Å². The molecule has 1 aliphatic carbocycles. The third-order valence-electron chi connectivity index (χ3n) is 7.58. The molecule has 9 heteroatoms. The summed E-state index contributed by atoms with van der Waals surface area (Å²) in [6, 6.07) is 10.9. The molecule has 0 atom stereocenters. The van der Waals surface area contributed by atoms with Crippen molar-refractivity contribution < 1.29 is 17.3 Å². The Labute approximate surface area is 210 Å². The Kier molecular flexibility index (Phi) is 7.44. The van der Waals surface area contributed by atoms with Crippen LogP contribution in [0.5, 0.6) is 0 Å². The lowest BCUT2D eigenvalue weighted by molar-refractivity contribution is 0.183. The van der Waals surface area contributed by atoms with Crippen LogP contribution in [0, 0.1) is 11.7 Å². The van der Waals surface area contributed by atoms with E-state index < -0.39 is 10.0 Å². The van der Waals surface area contributed by atoms with E-state index in [1.165, 1.54) is 12.1 Å². The Morgan fingerprint density at radius 2 is 1.74 bits per heavy atom. The van der Waals surface area contributed by atoms with Gasteiger partial charge in [0.25, 0.3) is 0 Å². The molecular weight excluding hydrogens is 489 g/mol. The number of fused-ring (bicyclic) bond motifs is 1. The number of hydrogen-bond acceptors (Lipinski definition) is 5. The zero-order valence-corrected chi connectivity index (χ0v) is 21.2. The summed E-state index contributed by atoms with van der Waals surface area (Å²) in [5, 5.41) is 5.69. The Morgan fingerprint density at radius 1 is 1.03 bits per heavy atom. The van der Waals surface area contributed by atoms with Crippen molar-refractivity contribution >= 4 is 32.6 Å². The van der Waals surface area contributed by atoms with Gasteiger partial charge in [-0.3, -0.25) is 0 Å². The summed E-state index contributed by atoms with van der Waals surface area (Å²) in [5.41, 5.74) is 1.48. The maximum absolute atomic E-state index is 13.4. The molecule has 35 heavy (non-hydrogen) atoms. The summed E-state index contributed by atoms with van der Waals surface area (Å²) in [7, 11) is -3.51. The predicted octanol–water partition coefficient (Wildman–Crippen LogP) is 5.73. The van der Waals surface area contributed by atoms with Gasteiger partial charge in [0.15, 0.2) is 5.58 Å². The fourth-order valence-electron chi connectivity index (χ4n) is 5.49. The number of likely N-dealkylation sites (tertiary alicyclic amines) is 1. The molecule has 0 unspecified atom stereocenters. The number of halogens is 2. The molecule has 2 heterocycles. The quantitative estimate of drug-likeness (QED) is 0.431. The standard InChI is InChI=1S/C26H31ClFN3O3S/c27-20-3-8-23(9-4-20)35(32,33)30-22-6-1-18(2-7-22)11-14-31-15-12-19(13-16-31)26-24-10-5-21(28)17-25(24)34-29-26/h3-5,8-10,17-19,22,30H,1-2,6-7,11-16H2/t18-,22-. The van der Waals surface area contributed by atoms with E-state index in [2.05, 4.69) is 14.8 Å². The minimum Gasteiger partial charge on any atom is -0.356 e. The molecule has 1 aromatic heterocycles. The molecule has 0 bridgehead atoms. The minimum absolute atomic E-state index is 0.00608. The SMILES string of the molecule is O=S(=O)(N[C@H]1CC[C@H](CCN2CCC(c3noc4cc(F)ccc34)CC2)CC1)c1ccc(Cl)cc1. The van der Waals surface area contributed by atoms with Gasteiger partial charge in [-0.15, -0.1) is 0 Å². The molecule has 1 N–H and O–H groups in total. The van der Waals surface area contributed by atoms with Crippen LogP contribution in [0.1, 0.15) is 56.6 Å². The maximum atomic E-state index is 13.4. The first-order chi connectivity index (χ1) is 16.9. The highest BCUT2D eigenvalue weighted by molar-refractivity contribution is 7.89. The minimum atomic E-state index is -3.51. The topological polar surface area (TPSA) is 75.4 Å². The van der Waals surface area contributed by atoms with Crippen molar-refractivity contribution in [2.24, 2.45) is 5.92 Å². The van der Waals surface area contributed by atoms with Gasteiger partial charge in [0.1, 0.15) is 5.82 Å². The highest BCUT2D eigenvalue weighted by Gasteiger charge is 2.28. The molecular formula is C26H31ClFN3O3S. The Bertz CT molecular complexity index is 1250. The second-order valence-electron chi connectivity index (χ2n) is 9.91. The third-order valence-corrected chi connectivity index (χ3v) is 9.37. The number of benzene rings is 2. The van der Waals surface area contributed by atoms with Gasteiger partial charge >= 0.3 is 0 Å². The van der Waals surface area contributed by atoms with Gasteiger partial charge in [-0.05, 0) is 107 Å². The fourth-order valence-corrected chi connectivity index (χ4v) is 6.92. The Balaban J connectivity index is 1.05. The van der Waals surface area contributed by atoms with Crippen LogP contribution in [0.3, 0.4) is 0 Å². The number of sulfonamides is 1. The molecule has 3 aromatic rings. The average molecular weight is 520 g/mol. The lowest BCUT2D eigenvalue weighted by Crippen LogP contribution is -2.38. The smallest absolute Gasteiger partial charge is 0.240 e. The van der Waals surface area contributed by atoms with Crippen molar-refractivity contribution in [3.63, 3.8) is 0 Å². The van der Waals surface area contributed by atoms with Gasteiger partial charge in [-0.1, -0.05) is 16.8 Å². The van der Waals surface area contributed by atoms with Crippen molar-refractivity contribution in [2.75, 3.05) is 19.6 Å². The third kappa shape index (κ3) is 5.88. The lowest BCUT2D eigenvalue weighted by atomic mass is 9.84. The van der Waals surface area contributed by atoms with E-state index >= 15 is 0 Å². The molecule has 1 aliphatic heterocycles. The summed E-state index contributed by atoms with van der Waals surface area (Å²) in [6.45, 7) is 3.12. The van der Waals surface area contributed by atoms with Crippen LogP contribution in [0.25, 0.3) is 11.0 Å². The van der Waals surface area contributed by atoms with Crippen LogP contribution in [0.15, 0.2) is 51.9 Å². The van der Waals surface area contributed by atoms with Crippen LogP contribution >= 0.6 is 11.6 Å². The average Bonchev–Trinajstić information content (AvgIpc) is 3.27. The monoisotopic (exact) mass is 519 g/mol. The molecule has 2 aliphatic rings. The van der Waals surface area contributed by atoms with Crippen molar-refractivity contribution in [3.8, 4) is 0 Å². The van der Waals surface area contributed by atoms with Crippen molar-refractivity contribution in [1.29, 1.82) is 0 Å². The van der Waals surface area contributed by atoms with Gasteiger partial charge in [-0.25, -0.2) is 17.5 Å².